The summed E-state index contributed by atoms with van der Waals surface area (Å²) in [4.78, 5) is 23.0. The smallest absolute Gasteiger partial charge is 0.228 e. The summed E-state index contributed by atoms with van der Waals surface area (Å²) in [5, 5.41) is 8.60. The maximum Gasteiger partial charge on any atom is 0.228 e. The van der Waals surface area contributed by atoms with Gasteiger partial charge in [0.2, 0.25) is 11.8 Å². The molecule has 0 bridgehead atoms. The predicted octanol–water partition coefficient (Wildman–Crippen LogP) is 0.749. The van der Waals surface area contributed by atoms with Gasteiger partial charge in [-0.25, -0.2) is 0 Å². The fraction of sp³-hybridized carbons (Fsp3) is 0.467. The summed E-state index contributed by atoms with van der Waals surface area (Å²) in [5.74, 6) is 0.727. The van der Waals surface area contributed by atoms with Gasteiger partial charge in [-0.2, -0.15) is 0 Å². The van der Waals surface area contributed by atoms with Crippen LogP contribution in [0.4, 0.5) is 5.69 Å². The first kappa shape index (κ1) is 15.3. The Balaban J connectivity index is 1.78. The van der Waals surface area contributed by atoms with Gasteiger partial charge in [0.1, 0.15) is 5.75 Å². The molecule has 1 heterocycles. The van der Waals surface area contributed by atoms with E-state index in [0.29, 0.717) is 18.8 Å². The van der Waals surface area contributed by atoms with Crippen LogP contribution < -0.4 is 20.7 Å². The van der Waals surface area contributed by atoms with Gasteiger partial charge in [0.05, 0.1) is 18.9 Å². The van der Waals surface area contributed by atoms with E-state index in [9.17, 15) is 9.59 Å². The van der Waals surface area contributed by atoms with Crippen molar-refractivity contribution in [3.8, 4) is 5.75 Å². The maximum atomic E-state index is 12.0. The number of benzene rings is 1. The van der Waals surface area contributed by atoms with Crippen LogP contribution in [0.2, 0.25) is 0 Å². The zero-order chi connectivity index (χ0) is 15.1. The molecule has 0 spiro atoms. The van der Waals surface area contributed by atoms with E-state index in [-0.39, 0.29) is 17.7 Å². The van der Waals surface area contributed by atoms with Gasteiger partial charge in [-0.05, 0) is 37.2 Å². The number of hydrogen-bond acceptors (Lipinski definition) is 4. The zero-order valence-electron chi connectivity index (χ0n) is 12.1. The van der Waals surface area contributed by atoms with Crippen LogP contribution in [0.25, 0.3) is 0 Å². The summed E-state index contributed by atoms with van der Waals surface area (Å²) in [6, 6.07) is 7.17. The number of rotatable bonds is 6. The predicted molar refractivity (Wildman–Crippen MR) is 80.2 cm³/mol. The monoisotopic (exact) mass is 291 g/mol. The van der Waals surface area contributed by atoms with Crippen molar-refractivity contribution in [1.29, 1.82) is 0 Å². The summed E-state index contributed by atoms with van der Waals surface area (Å²) in [6.45, 7) is 1.97. The molecule has 6 heteroatoms. The van der Waals surface area contributed by atoms with Gasteiger partial charge in [0, 0.05) is 19.3 Å². The maximum absolute atomic E-state index is 12.0. The second-order valence-corrected chi connectivity index (χ2v) is 4.97. The highest BCUT2D eigenvalue weighted by molar-refractivity contribution is 5.92. The largest absolute Gasteiger partial charge is 0.493 e. The lowest BCUT2D eigenvalue weighted by atomic mass is 10.1. The number of nitrogens with one attached hydrogen (secondary N) is 3. The Morgan fingerprint density at radius 2 is 2.10 bits per heavy atom. The average molecular weight is 291 g/mol. The summed E-state index contributed by atoms with van der Waals surface area (Å²) in [7, 11) is 1.60. The van der Waals surface area contributed by atoms with Crippen molar-refractivity contribution in [2.24, 2.45) is 5.92 Å². The molecule has 1 aromatic carbocycles. The van der Waals surface area contributed by atoms with Crippen molar-refractivity contribution >= 4 is 17.5 Å². The molecule has 2 amide bonds. The molecule has 6 nitrogen and oxygen atoms in total. The van der Waals surface area contributed by atoms with Gasteiger partial charge in [0.25, 0.3) is 0 Å². The van der Waals surface area contributed by atoms with E-state index in [0.717, 1.165) is 25.2 Å². The molecule has 114 valence electrons. The highest BCUT2D eigenvalue weighted by atomic mass is 16.5. The number of carbonyl (C=O) groups is 2. The molecule has 2 rings (SSSR count). The van der Waals surface area contributed by atoms with E-state index < -0.39 is 0 Å². The molecule has 3 N–H and O–H groups in total. The standard InChI is InChI=1S/C15H21N3O3/c1-16-14(19)7-9-21-13-4-2-12(3-5-13)18-15(20)11-6-8-17-10-11/h2-5,11,17H,6-10H2,1H3,(H,16,19)(H,18,20). The molecule has 1 aliphatic heterocycles. The highest BCUT2D eigenvalue weighted by Gasteiger charge is 2.22. The second-order valence-electron chi connectivity index (χ2n) is 4.97. The number of carbonyl (C=O) groups excluding carboxylic acids is 2. The van der Waals surface area contributed by atoms with Gasteiger partial charge in [0.15, 0.2) is 0 Å². The van der Waals surface area contributed by atoms with Crippen LogP contribution in [-0.2, 0) is 9.59 Å². The molecule has 1 aliphatic rings. The minimum Gasteiger partial charge on any atom is -0.493 e. The third kappa shape index (κ3) is 4.75. The summed E-state index contributed by atoms with van der Waals surface area (Å²) < 4.78 is 5.45. The van der Waals surface area contributed by atoms with Gasteiger partial charge in [-0.3, -0.25) is 9.59 Å². The number of amides is 2. The summed E-state index contributed by atoms with van der Waals surface area (Å²) in [5.41, 5.74) is 0.755. The third-order valence-electron chi connectivity index (χ3n) is 3.43. The lowest BCUT2D eigenvalue weighted by molar-refractivity contribution is -0.121. The van der Waals surface area contributed by atoms with E-state index in [1.165, 1.54) is 0 Å². The van der Waals surface area contributed by atoms with Crippen LogP contribution in [0.3, 0.4) is 0 Å². The van der Waals surface area contributed by atoms with Gasteiger partial charge in [-0.1, -0.05) is 0 Å². The molecule has 0 radical (unpaired) electrons. The van der Waals surface area contributed by atoms with Gasteiger partial charge in [-0.15, -0.1) is 0 Å². The first-order valence-corrected chi connectivity index (χ1v) is 7.14. The van der Waals surface area contributed by atoms with Crippen LogP contribution in [0, 0.1) is 5.92 Å². The molecule has 1 aromatic rings. The fourth-order valence-corrected chi connectivity index (χ4v) is 2.14. The Kier molecular flexibility index (Phi) is 5.57. The van der Waals surface area contributed by atoms with Crippen LogP contribution in [-0.4, -0.2) is 38.6 Å². The second kappa shape index (κ2) is 7.64. The topological polar surface area (TPSA) is 79.5 Å². The Labute approximate surface area is 124 Å². The van der Waals surface area contributed by atoms with Crippen molar-refractivity contribution in [1.82, 2.24) is 10.6 Å². The van der Waals surface area contributed by atoms with Crippen molar-refractivity contribution < 1.29 is 14.3 Å². The molecule has 0 saturated carbocycles. The molecule has 1 saturated heterocycles. The number of hydrogen-bond donors (Lipinski definition) is 3. The van der Waals surface area contributed by atoms with Crippen molar-refractivity contribution in [2.45, 2.75) is 12.8 Å². The summed E-state index contributed by atoms with van der Waals surface area (Å²) in [6.07, 6.45) is 1.20. The van der Waals surface area contributed by atoms with E-state index in [4.69, 9.17) is 4.74 Å². The molecule has 0 aliphatic carbocycles. The molecule has 1 unspecified atom stereocenters. The van der Waals surface area contributed by atoms with Crippen LogP contribution in [0.1, 0.15) is 12.8 Å². The molecule has 21 heavy (non-hydrogen) atoms. The Hall–Kier alpha value is -2.08. The minimum absolute atomic E-state index is 0.0493. The molecule has 1 fully saturated rings. The zero-order valence-corrected chi connectivity index (χ0v) is 12.1. The van der Waals surface area contributed by atoms with Crippen molar-refractivity contribution in [2.75, 3.05) is 32.1 Å². The summed E-state index contributed by atoms with van der Waals surface area (Å²) >= 11 is 0. The van der Waals surface area contributed by atoms with Gasteiger partial charge >= 0.3 is 0 Å². The van der Waals surface area contributed by atoms with Crippen LogP contribution >= 0.6 is 0 Å². The normalized spacial score (nSPS) is 17.3. The van der Waals surface area contributed by atoms with E-state index in [2.05, 4.69) is 16.0 Å². The SMILES string of the molecule is CNC(=O)CCOc1ccc(NC(=O)C2CCNC2)cc1. The Bertz CT molecular complexity index is 481. The first-order valence-electron chi connectivity index (χ1n) is 7.14. The molecule has 0 aromatic heterocycles. The molecule has 1 atom stereocenters. The van der Waals surface area contributed by atoms with Gasteiger partial charge < -0.3 is 20.7 Å². The third-order valence-corrected chi connectivity index (χ3v) is 3.43. The quantitative estimate of drug-likeness (QED) is 0.722. The molecular weight excluding hydrogens is 270 g/mol. The lowest BCUT2D eigenvalue weighted by Crippen LogP contribution is -2.24. The van der Waals surface area contributed by atoms with Crippen molar-refractivity contribution in [3.63, 3.8) is 0 Å². The van der Waals surface area contributed by atoms with E-state index in [1.54, 1.807) is 31.3 Å². The average Bonchev–Trinajstić information content (AvgIpc) is 3.03. The van der Waals surface area contributed by atoms with Crippen molar-refractivity contribution in [3.05, 3.63) is 24.3 Å². The lowest BCUT2D eigenvalue weighted by Gasteiger charge is -2.11. The first-order chi connectivity index (χ1) is 10.2. The number of anilines is 1. The number of ether oxygens (including phenoxy) is 1. The fourth-order valence-electron chi connectivity index (χ4n) is 2.14. The highest BCUT2D eigenvalue weighted by Crippen LogP contribution is 2.17. The van der Waals surface area contributed by atoms with Crippen LogP contribution in [0.15, 0.2) is 24.3 Å². The molecular formula is C15H21N3O3. The minimum atomic E-state index is -0.0518. The Morgan fingerprint density at radius 3 is 2.71 bits per heavy atom. The Morgan fingerprint density at radius 1 is 1.33 bits per heavy atom. The van der Waals surface area contributed by atoms with E-state index in [1.807, 2.05) is 0 Å². The van der Waals surface area contributed by atoms with E-state index >= 15 is 0 Å². The van der Waals surface area contributed by atoms with Crippen LogP contribution in [0.5, 0.6) is 5.75 Å².